The van der Waals surface area contributed by atoms with Crippen LogP contribution in [0.25, 0.3) is 175 Å². The van der Waals surface area contributed by atoms with Crippen LogP contribution in [-0.4, -0.2) is 11.6 Å². The van der Waals surface area contributed by atoms with Gasteiger partial charge in [0, 0.05) is 60.6 Å². The summed E-state index contributed by atoms with van der Waals surface area (Å²) in [6.07, 6.45) is 13.5. The average molecular weight is 1270 g/mol. The fraction of sp³-hybridized carbons (Fsp3) is 0. The van der Waals surface area contributed by atoms with E-state index in [1.165, 1.54) is 30.9 Å². The second-order valence-corrected chi connectivity index (χ2v) is 26.7. The Kier molecular flexibility index (Phi) is 11.7. The Morgan fingerprint density at radius 2 is 1.02 bits per heavy atom. The van der Waals surface area contributed by atoms with Gasteiger partial charge >= 0.3 is 23.7 Å². The zero-order valence-corrected chi connectivity index (χ0v) is 51.4. The summed E-state index contributed by atoms with van der Waals surface area (Å²) in [6, 6.07) is 58.6. The van der Waals surface area contributed by atoms with Crippen LogP contribution >= 0.6 is 22.7 Å². The van der Waals surface area contributed by atoms with E-state index >= 15 is 0 Å². The van der Waals surface area contributed by atoms with Gasteiger partial charge in [-0.1, -0.05) is 139 Å². The topological polar surface area (TPSA) is 162 Å². The van der Waals surface area contributed by atoms with E-state index in [1.807, 2.05) is 60.7 Å². The van der Waals surface area contributed by atoms with Crippen LogP contribution in [0.2, 0.25) is 0 Å². The first kappa shape index (κ1) is 54.0. The smallest absolute Gasteiger partial charge is 0.369 e. The average Bonchev–Trinajstić information content (AvgIpc) is 1.56. The molecular formula is C82H40O9S3. The van der Waals surface area contributed by atoms with Crippen molar-refractivity contribution in [1.29, 1.82) is 0 Å². The maximum absolute atomic E-state index is 13.6. The number of thiophene rings is 2. The predicted molar refractivity (Wildman–Crippen MR) is 378 cm³/mol. The Bertz CT molecular complexity index is 6520. The predicted octanol–water partition coefficient (Wildman–Crippen LogP) is 16.8. The molecule has 9 nitrogen and oxygen atoms in total. The molecule has 94 heavy (non-hydrogen) atoms. The molecule has 6 heterocycles. The summed E-state index contributed by atoms with van der Waals surface area (Å²) in [4.78, 5) is 24.6. The van der Waals surface area contributed by atoms with Gasteiger partial charge in [0.25, 0.3) is 0 Å². The van der Waals surface area contributed by atoms with Crippen molar-refractivity contribution in [2.45, 2.75) is 4.90 Å². The number of hydrogen-bond donors (Lipinski definition) is 0. The van der Waals surface area contributed by atoms with Crippen LogP contribution in [0.15, 0.2) is 236 Å². The molecule has 4 aromatic heterocycles. The van der Waals surface area contributed by atoms with Crippen molar-refractivity contribution < 1.29 is 38.8 Å². The van der Waals surface area contributed by atoms with Gasteiger partial charge in [-0.25, -0.2) is 8.84 Å². The van der Waals surface area contributed by atoms with E-state index < -0.39 is 0 Å². The minimum atomic E-state index is -0.0443. The summed E-state index contributed by atoms with van der Waals surface area (Å²) in [5.41, 5.74) is 8.46. The van der Waals surface area contributed by atoms with E-state index in [2.05, 4.69) is 95.7 Å². The molecular weight excluding hydrogens is 1230 g/mol. The lowest BCUT2D eigenvalue weighted by atomic mass is 9.97. The Morgan fingerprint density at radius 1 is 0.436 bits per heavy atom. The number of carbonyl (C=O) groups excluding carboxylic acids is 2. The van der Waals surface area contributed by atoms with Crippen LogP contribution in [0.1, 0.15) is 11.1 Å². The van der Waals surface area contributed by atoms with E-state index in [0.717, 1.165) is 151 Å². The normalized spacial score (nSPS) is 13.1. The van der Waals surface area contributed by atoms with Crippen LogP contribution in [-0.2, 0) is 20.9 Å². The molecule has 0 amide bonds. The molecule has 2 aliphatic carbocycles. The van der Waals surface area contributed by atoms with Crippen LogP contribution in [0.4, 0.5) is 0 Å². The number of carbonyl (C=O) groups is 2. The standard InChI is InChI=1S/C23H10OS2.C20H10O3.C20H10O2S.C19H10O3/c24-23-21-13-5-1-3-11-9-25-17(19(11)13)7-15(21)16-8-18-20-12(10-26-18)4-2-6-14(20)22(16)23;2*21-13-5-1-11-3-7-15-16-8-4-12-2-6-14(22)10-18(12)20(16)23-19(15)17(11)9-13;20-13-4-1-11-2-5-14-15-6-3-12-7-8-21-10-17(12)19(15)22-18(14)16(11)9-13/h1-10H;2*1-10H;1-10H. The van der Waals surface area contributed by atoms with Crippen LogP contribution in [0, 0.1) is 4.51 Å². The molecule has 0 unspecified atom stereocenters. The van der Waals surface area contributed by atoms with Gasteiger partial charge < -0.3 is 24.8 Å². The highest BCUT2D eigenvalue weighted by Crippen LogP contribution is 2.50. The highest BCUT2D eigenvalue weighted by atomic mass is 32.1. The van der Waals surface area contributed by atoms with E-state index in [4.69, 9.17) is 13.3 Å². The molecule has 4 aliphatic rings. The maximum Gasteiger partial charge on any atom is 0.369 e. The van der Waals surface area contributed by atoms with Crippen molar-refractivity contribution in [3.8, 4) is 51.0 Å². The third-order valence-corrected chi connectivity index (χ3v) is 21.8. The minimum Gasteiger partial charge on any atom is -0.872 e. The van der Waals surface area contributed by atoms with E-state index in [9.17, 15) is 30.0 Å². The molecule has 0 N–H and O–H groups in total. The molecule has 0 spiro atoms. The molecule has 0 radical (unpaired) electrons. The van der Waals surface area contributed by atoms with Gasteiger partial charge in [0.2, 0.25) is 42.2 Å². The molecule has 0 saturated carbocycles. The van der Waals surface area contributed by atoms with Crippen molar-refractivity contribution >= 4 is 198 Å². The van der Waals surface area contributed by atoms with Gasteiger partial charge in [0.15, 0.2) is 17.1 Å². The summed E-state index contributed by atoms with van der Waals surface area (Å²) >= 11 is 5.19. The van der Waals surface area contributed by atoms with E-state index in [-0.39, 0.29) is 34.6 Å². The number of furan rings is 1. The summed E-state index contributed by atoms with van der Waals surface area (Å²) in [7, 11) is 0. The SMILES string of the molecule is O=C1C=Cc2ccc3c(c2=C1)=[O+]c1c-3ccc2ccc([O-])cc12.O=C1C=Cc2ccc3c(c2=C1)=[S+]c1c-3ccc2ccc([O-])cc12.[O-]c1c2c(cc3scc4cccc2c43)c2cc3[s+]cc4cccc(c12)c43.[O-]c1ccc2ccc3c4ccc5cc[o+]cc5c4oc3c2c1. The van der Waals surface area contributed by atoms with Gasteiger partial charge in [0.1, 0.15) is 11.0 Å². The summed E-state index contributed by atoms with van der Waals surface area (Å²) in [5.74, 6) is 0.813. The van der Waals surface area contributed by atoms with E-state index in [0.29, 0.717) is 11.2 Å². The summed E-state index contributed by atoms with van der Waals surface area (Å²) < 4.78 is 21.2. The number of benzene rings is 13. The van der Waals surface area contributed by atoms with Gasteiger partial charge in [-0.15, -0.1) is 28.6 Å². The fourth-order valence-electron chi connectivity index (χ4n) is 14.3. The maximum atomic E-state index is 13.6. The van der Waals surface area contributed by atoms with Gasteiger partial charge in [-0.05, 0) is 137 Å². The molecule has 14 aromatic carbocycles. The number of hydrogen-bond acceptors (Lipinski definition) is 8. The molecule has 0 fully saturated rings. The van der Waals surface area contributed by atoms with Gasteiger partial charge in [-0.3, -0.25) is 9.59 Å². The van der Waals surface area contributed by atoms with Crippen molar-refractivity contribution in [1.82, 2.24) is 0 Å². The highest BCUT2D eigenvalue weighted by Gasteiger charge is 2.32. The van der Waals surface area contributed by atoms with Crippen molar-refractivity contribution in [2.24, 2.45) is 0 Å². The Morgan fingerprint density at radius 3 is 1.78 bits per heavy atom. The molecule has 22 rings (SSSR count). The van der Waals surface area contributed by atoms with Crippen molar-refractivity contribution in [3.63, 3.8) is 0 Å². The molecule has 12 heteroatoms. The van der Waals surface area contributed by atoms with Gasteiger partial charge in [0.05, 0.1) is 43.5 Å². The Balaban J connectivity index is 0.0000000892. The first-order valence-electron chi connectivity index (χ1n) is 30.3. The lowest BCUT2D eigenvalue weighted by molar-refractivity contribution is -0.268. The first-order chi connectivity index (χ1) is 46.0. The third-order valence-electron chi connectivity index (χ3n) is 18.6. The zero-order chi connectivity index (χ0) is 62.8. The fourth-order valence-corrected chi connectivity index (χ4v) is 17.6. The second-order valence-electron chi connectivity index (χ2n) is 23.9. The second kappa shape index (κ2) is 20.4. The molecule has 0 atom stereocenters. The van der Waals surface area contributed by atoms with Crippen LogP contribution in [0.5, 0.6) is 28.7 Å². The van der Waals surface area contributed by atoms with Crippen molar-refractivity contribution in [3.05, 3.63) is 253 Å². The number of fused-ring (bicyclic) bond motifs is 26. The number of allylic oxidation sites excluding steroid dienone is 2. The monoisotopic (exact) mass is 1260 g/mol. The Labute approximate surface area is 542 Å². The minimum absolute atomic E-state index is 0.0136. The summed E-state index contributed by atoms with van der Waals surface area (Å²) in [6.45, 7) is 0. The van der Waals surface area contributed by atoms with Crippen molar-refractivity contribution in [2.75, 3.05) is 0 Å². The number of rotatable bonds is 0. The molecule has 0 saturated heterocycles. The zero-order valence-electron chi connectivity index (χ0n) is 49.0. The lowest BCUT2D eigenvalue weighted by Gasteiger charge is -2.09. The van der Waals surface area contributed by atoms with Gasteiger partial charge in [-0.2, -0.15) is 0 Å². The van der Waals surface area contributed by atoms with E-state index in [1.54, 1.807) is 119 Å². The van der Waals surface area contributed by atoms with Crippen LogP contribution < -0.4 is 36.3 Å². The summed E-state index contributed by atoms with van der Waals surface area (Å²) in [5, 5.41) is 75.7. The quantitative estimate of drug-likeness (QED) is 0.107. The molecule has 0 bridgehead atoms. The molecule has 18 aromatic rings. The first-order valence-corrected chi connectivity index (χ1v) is 32.9. The number of ketones is 2. The van der Waals surface area contributed by atoms with Crippen LogP contribution in [0.3, 0.4) is 0 Å². The lowest BCUT2D eigenvalue weighted by Crippen LogP contribution is -2.30. The Hall–Kier alpha value is -11.8. The highest BCUT2D eigenvalue weighted by molar-refractivity contribution is 7.71. The largest absolute Gasteiger partial charge is 0.872 e. The molecule has 2 aliphatic heterocycles. The third kappa shape index (κ3) is 8.17. The molecule has 440 valence electrons.